The van der Waals surface area contributed by atoms with Gasteiger partial charge >= 0.3 is 5.97 Å². The second-order valence-corrected chi connectivity index (χ2v) is 4.71. The van der Waals surface area contributed by atoms with E-state index in [1.54, 1.807) is 12.1 Å². The van der Waals surface area contributed by atoms with Crippen molar-refractivity contribution in [3.63, 3.8) is 0 Å². The summed E-state index contributed by atoms with van der Waals surface area (Å²) in [4.78, 5) is 21.9. The van der Waals surface area contributed by atoms with E-state index in [-0.39, 0.29) is 24.9 Å². The highest BCUT2D eigenvalue weighted by atomic mass is 16.4. The van der Waals surface area contributed by atoms with Gasteiger partial charge in [0.1, 0.15) is 0 Å². The maximum absolute atomic E-state index is 11.4. The number of carboxylic acids is 1. The van der Waals surface area contributed by atoms with E-state index in [4.69, 9.17) is 5.11 Å². The van der Waals surface area contributed by atoms with Crippen molar-refractivity contribution >= 4 is 11.9 Å². The Labute approximate surface area is 113 Å². The van der Waals surface area contributed by atoms with Gasteiger partial charge in [-0.1, -0.05) is 24.3 Å². The highest BCUT2D eigenvalue weighted by molar-refractivity contribution is 5.78. The highest BCUT2D eigenvalue weighted by Crippen LogP contribution is 2.05. The largest absolute Gasteiger partial charge is 0.481 e. The van der Waals surface area contributed by atoms with Gasteiger partial charge in [0.05, 0.1) is 13.0 Å². The van der Waals surface area contributed by atoms with Crippen molar-refractivity contribution in [3.8, 4) is 0 Å². The Morgan fingerprint density at radius 1 is 1.16 bits per heavy atom. The summed E-state index contributed by atoms with van der Waals surface area (Å²) in [6.07, 6.45) is 0.0322. The molecule has 0 unspecified atom stereocenters. The van der Waals surface area contributed by atoms with Gasteiger partial charge < -0.3 is 15.7 Å². The predicted molar refractivity (Wildman–Crippen MR) is 72.8 cm³/mol. The van der Waals surface area contributed by atoms with E-state index in [9.17, 15) is 9.59 Å². The zero-order chi connectivity index (χ0) is 14.3. The molecule has 0 radical (unpaired) electrons. The van der Waals surface area contributed by atoms with E-state index in [0.717, 1.165) is 11.1 Å². The standard InChI is InChI=1S/C14H20N2O3/c1-10(2)16-13(17)9-15-8-12-5-3-11(4-6-12)7-14(18)19/h3-6,10,15H,7-9H2,1-2H3,(H,16,17)(H,18,19). The lowest BCUT2D eigenvalue weighted by atomic mass is 10.1. The van der Waals surface area contributed by atoms with Crippen LogP contribution in [0.1, 0.15) is 25.0 Å². The Balaban J connectivity index is 2.34. The van der Waals surface area contributed by atoms with Crippen molar-refractivity contribution in [2.75, 3.05) is 6.54 Å². The first-order chi connectivity index (χ1) is 8.97. The summed E-state index contributed by atoms with van der Waals surface area (Å²) < 4.78 is 0. The third-order valence-corrected chi connectivity index (χ3v) is 2.44. The molecule has 3 N–H and O–H groups in total. The lowest BCUT2D eigenvalue weighted by Crippen LogP contribution is -2.37. The molecule has 5 nitrogen and oxygen atoms in total. The summed E-state index contributed by atoms with van der Waals surface area (Å²) in [5.74, 6) is -0.867. The molecule has 0 heterocycles. The van der Waals surface area contributed by atoms with Crippen LogP contribution in [0.5, 0.6) is 0 Å². The Kier molecular flexibility index (Phi) is 6.02. The molecule has 1 aromatic rings. The predicted octanol–water partition coefficient (Wildman–Crippen LogP) is 0.928. The van der Waals surface area contributed by atoms with E-state index in [1.807, 2.05) is 26.0 Å². The number of carboxylic acid groups (broad SMARTS) is 1. The maximum Gasteiger partial charge on any atom is 0.307 e. The van der Waals surface area contributed by atoms with Gasteiger partial charge in [0.2, 0.25) is 5.91 Å². The van der Waals surface area contributed by atoms with Crippen LogP contribution in [0, 0.1) is 0 Å². The molecule has 104 valence electrons. The number of hydrogen-bond donors (Lipinski definition) is 3. The van der Waals surface area contributed by atoms with E-state index < -0.39 is 5.97 Å². The Bertz CT molecular complexity index is 427. The average molecular weight is 264 g/mol. The number of rotatable bonds is 7. The lowest BCUT2D eigenvalue weighted by molar-refractivity contribution is -0.136. The fraction of sp³-hybridized carbons (Fsp3) is 0.429. The first kappa shape index (κ1) is 15.2. The van der Waals surface area contributed by atoms with Gasteiger partial charge in [-0.3, -0.25) is 9.59 Å². The van der Waals surface area contributed by atoms with E-state index >= 15 is 0 Å². The van der Waals surface area contributed by atoms with E-state index in [1.165, 1.54) is 0 Å². The van der Waals surface area contributed by atoms with Crippen molar-refractivity contribution in [1.82, 2.24) is 10.6 Å². The number of nitrogens with one attached hydrogen (secondary N) is 2. The van der Waals surface area contributed by atoms with Gasteiger partial charge in [0.15, 0.2) is 0 Å². The monoisotopic (exact) mass is 264 g/mol. The molecule has 0 saturated carbocycles. The molecule has 5 heteroatoms. The van der Waals surface area contributed by atoms with Crippen LogP contribution in [0.25, 0.3) is 0 Å². The number of amides is 1. The molecular formula is C14H20N2O3. The van der Waals surface area contributed by atoms with Crippen molar-refractivity contribution in [3.05, 3.63) is 35.4 Å². The van der Waals surface area contributed by atoms with Crippen molar-refractivity contribution in [2.45, 2.75) is 32.9 Å². The van der Waals surface area contributed by atoms with Crippen LogP contribution in [0.15, 0.2) is 24.3 Å². The van der Waals surface area contributed by atoms with Crippen LogP contribution in [0.4, 0.5) is 0 Å². The zero-order valence-corrected chi connectivity index (χ0v) is 11.3. The van der Waals surface area contributed by atoms with Crippen LogP contribution in [-0.2, 0) is 22.6 Å². The smallest absolute Gasteiger partial charge is 0.307 e. The fourth-order valence-electron chi connectivity index (χ4n) is 1.64. The summed E-state index contributed by atoms with van der Waals surface area (Å²) in [5, 5.41) is 14.5. The fourth-order valence-corrected chi connectivity index (χ4v) is 1.64. The van der Waals surface area contributed by atoms with E-state index in [0.29, 0.717) is 6.54 Å². The van der Waals surface area contributed by atoms with Crippen molar-refractivity contribution < 1.29 is 14.7 Å². The first-order valence-corrected chi connectivity index (χ1v) is 6.27. The second kappa shape index (κ2) is 7.53. The summed E-state index contributed by atoms with van der Waals surface area (Å²) in [6, 6.07) is 7.46. The summed E-state index contributed by atoms with van der Waals surface area (Å²) in [6.45, 7) is 4.69. The Morgan fingerprint density at radius 3 is 2.26 bits per heavy atom. The maximum atomic E-state index is 11.4. The van der Waals surface area contributed by atoms with Crippen LogP contribution in [0.2, 0.25) is 0 Å². The third-order valence-electron chi connectivity index (χ3n) is 2.44. The van der Waals surface area contributed by atoms with Crippen LogP contribution < -0.4 is 10.6 Å². The molecule has 1 rings (SSSR count). The molecule has 0 aliphatic carbocycles. The van der Waals surface area contributed by atoms with Gasteiger partial charge in [-0.05, 0) is 25.0 Å². The minimum absolute atomic E-state index is 0.0301. The molecule has 0 spiro atoms. The molecule has 0 aromatic heterocycles. The minimum atomic E-state index is -0.837. The quantitative estimate of drug-likeness (QED) is 0.684. The number of carbonyl (C=O) groups is 2. The zero-order valence-electron chi connectivity index (χ0n) is 11.3. The topological polar surface area (TPSA) is 78.4 Å². The minimum Gasteiger partial charge on any atom is -0.481 e. The lowest BCUT2D eigenvalue weighted by Gasteiger charge is -2.09. The first-order valence-electron chi connectivity index (χ1n) is 6.27. The van der Waals surface area contributed by atoms with Gasteiger partial charge in [0, 0.05) is 12.6 Å². The molecule has 0 aliphatic rings. The molecular weight excluding hydrogens is 244 g/mol. The van der Waals surface area contributed by atoms with E-state index in [2.05, 4.69) is 10.6 Å². The van der Waals surface area contributed by atoms with Gasteiger partial charge in [0.25, 0.3) is 0 Å². The highest BCUT2D eigenvalue weighted by Gasteiger charge is 2.03. The van der Waals surface area contributed by atoms with Gasteiger partial charge in [-0.15, -0.1) is 0 Å². The molecule has 0 fully saturated rings. The third kappa shape index (κ3) is 6.57. The van der Waals surface area contributed by atoms with Crippen molar-refractivity contribution in [2.24, 2.45) is 0 Å². The molecule has 1 amide bonds. The average Bonchev–Trinajstić information content (AvgIpc) is 2.29. The van der Waals surface area contributed by atoms with Gasteiger partial charge in [-0.25, -0.2) is 0 Å². The van der Waals surface area contributed by atoms with Gasteiger partial charge in [-0.2, -0.15) is 0 Å². The normalized spacial score (nSPS) is 10.5. The van der Waals surface area contributed by atoms with Crippen LogP contribution in [-0.4, -0.2) is 29.6 Å². The number of hydrogen-bond acceptors (Lipinski definition) is 3. The van der Waals surface area contributed by atoms with Crippen LogP contribution in [0.3, 0.4) is 0 Å². The Morgan fingerprint density at radius 2 is 1.74 bits per heavy atom. The summed E-state index contributed by atoms with van der Waals surface area (Å²) >= 11 is 0. The number of carbonyl (C=O) groups excluding carboxylic acids is 1. The summed E-state index contributed by atoms with van der Waals surface area (Å²) in [7, 11) is 0. The number of aliphatic carboxylic acids is 1. The molecule has 0 bridgehead atoms. The molecule has 0 saturated heterocycles. The molecule has 0 atom stereocenters. The second-order valence-electron chi connectivity index (χ2n) is 4.71. The van der Waals surface area contributed by atoms with Crippen LogP contribution >= 0.6 is 0 Å². The van der Waals surface area contributed by atoms with Crippen molar-refractivity contribution in [1.29, 1.82) is 0 Å². The number of benzene rings is 1. The Hall–Kier alpha value is -1.88. The SMILES string of the molecule is CC(C)NC(=O)CNCc1ccc(CC(=O)O)cc1. The molecule has 0 aliphatic heterocycles. The molecule has 1 aromatic carbocycles. The molecule has 19 heavy (non-hydrogen) atoms. The summed E-state index contributed by atoms with van der Waals surface area (Å²) in [5.41, 5.74) is 1.79.